The fourth-order valence-electron chi connectivity index (χ4n) is 4.22. The van der Waals surface area contributed by atoms with Crippen LogP contribution in [-0.2, 0) is 16.1 Å². The summed E-state index contributed by atoms with van der Waals surface area (Å²) < 4.78 is 5.74. The molecule has 3 amide bonds. The Balaban J connectivity index is 1.30. The minimum Gasteiger partial charge on any atom is -0.457 e. The molecule has 1 aromatic heterocycles. The van der Waals surface area contributed by atoms with Crippen molar-refractivity contribution in [1.82, 2.24) is 15.5 Å². The molecule has 9 nitrogen and oxygen atoms in total. The molecule has 1 aliphatic heterocycles. The number of thiophene rings is 1. The number of nitrogens with one attached hydrogen (secondary N) is 3. The van der Waals surface area contributed by atoms with E-state index < -0.39 is 5.54 Å². The van der Waals surface area contributed by atoms with Crippen molar-refractivity contribution in [2.75, 3.05) is 13.1 Å². The number of hydrogen-bond donors (Lipinski definition) is 4. The van der Waals surface area contributed by atoms with Gasteiger partial charge in [-0.2, -0.15) is 0 Å². The van der Waals surface area contributed by atoms with Crippen molar-refractivity contribution in [2.24, 2.45) is 5.73 Å². The van der Waals surface area contributed by atoms with Gasteiger partial charge in [0, 0.05) is 27.9 Å². The maximum Gasteiger partial charge on any atom is 0.251 e. The molecule has 5 N–H and O–H groups in total. The predicted molar refractivity (Wildman–Crippen MR) is 142 cm³/mol. The van der Waals surface area contributed by atoms with E-state index >= 15 is 0 Å². The Labute approximate surface area is 219 Å². The van der Waals surface area contributed by atoms with E-state index in [9.17, 15) is 14.4 Å². The van der Waals surface area contributed by atoms with Crippen LogP contribution < -0.4 is 21.1 Å². The molecule has 0 unspecified atom stereocenters. The van der Waals surface area contributed by atoms with Crippen LogP contribution in [0, 0.1) is 5.41 Å². The third kappa shape index (κ3) is 6.15. The summed E-state index contributed by atoms with van der Waals surface area (Å²) >= 11 is 1.41. The number of ether oxygens (including phenoxy) is 1. The van der Waals surface area contributed by atoms with Crippen molar-refractivity contribution in [3.05, 3.63) is 82.0 Å². The van der Waals surface area contributed by atoms with Gasteiger partial charge >= 0.3 is 0 Å². The smallest absolute Gasteiger partial charge is 0.251 e. The first-order valence-corrected chi connectivity index (χ1v) is 12.8. The molecule has 1 atom stereocenters. The zero-order valence-electron chi connectivity index (χ0n) is 20.5. The number of nitrogen functional groups attached to an aromatic ring is 1. The number of amides is 3. The van der Waals surface area contributed by atoms with Crippen LogP contribution in [0.25, 0.3) is 0 Å². The van der Waals surface area contributed by atoms with Crippen molar-refractivity contribution >= 4 is 34.9 Å². The molecule has 2 aromatic carbocycles. The van der Waals surface area contributed by atoms with Crippen LogP contribution in [0.4, 0.5) is 0 Å². The first-order valence-electron chi connectivity index (χ1n) is 11.9. The first-order chi connectivity index (χ1) is 17.8. The van der Waals surface area contributed by atoms with Crippen LogP contribution >= 0.6 is 11.3 Å². The van der Waals surface area contributed by atoms with Gasteiger partial charge in [-0.25, -0.2) is 0 Å². The Morgan fingerprint density at radius 1 is 1.05 bits per heavy atom. The quantitative estimate of drug-likeness (QED) is 0.254. The number of amidine groups is 1. The van der Waals surface area contributed by atoms with E-state index in [4.69, 9.17) is 15.9 Å². The van der Waals surface area contributed by atoms with Crippen molar-refractivity contribution in [3.8, 4) is 11.5 Å². The molecule has 0 spiro atoms. The van der Waals surface area contributed by atoms with Gasteiger partial charge in [-0.05, 0) is 62.2 Å². The maximum atomic E-state index is 13.1. The molecule has 3 aromatic rings. The number of nitrogens with two attached hydrogens (primary N) is 1. The molecule has 4 rings (SSSR count). The molecule has 37 heavy (non-hydrogen) atoms. The van der Waals surface area contributed by atoms with E-state index in [0.29, 0.717) is 42.0 Å². The molecule has 1 aliphatic rings. The Hall–Kier alpha value is -4.18. The monoisotopic (exact) mass is 519 g/mol. The van der Waals surface area contributed by atoms with Gasteiger partial charge in [0.1, 0.15) is 22.9 Å². The van der Waals surface area contributed by atoms with Crippen LogP contribution in [0.15, 0.2) is 66.0 Å². The van der Waals surface area contributed by atoms with Crippen LogP contribution in [0.1, 0.15) is 40.6 Å². The van der Waals surface area contributed by atoms with Gasteiger partial charge in [0.2, 0.25) is 11.8 Å². The van der Waals surface area contributed by atoms with Gasteiger partial charge < -0.3 is 26.0 Å². The van der Waals surface area contributed by atoms with Crippen LogP contribution in [-0.4, -0.2) is 47.1 Å². The lowest BCUT2D eigenvalue weighted by molar-refractivity contribution is -0.143. The normalized spacial score (nSPS) is 16.7. The molecule has 1 fully saturated rings. The lowest BCUT2D eigenvalue weighted by atomic mass is 9.97. The van der Waals surface area contributed by atoms with Crippen molar-refractivity contribution < 1.29 is 19.1 Å². The number of carbonyl (C=O) groups is 3. The molecule has 192 valence electrons. The van der Waals surface area contributed by atoms with E-state index in [-0.39, 0.29) is 36.6 Å². The number of rotatable bonds is 9. The highest BCUT2D eigenvalue weighted by molar-refractivity contribution is 7.10. The lowest BCUT2D eigenvalue weighted by Crippen LogP contribution is -2.57. The molecule has 0 saturated carbocycles. The van der Waals surface area contributed by atoms with E-state index in [1.807, 2.05) is 30.3 Å². The zero-order chi connectivity index (χ0) is 26.4. The standard InChI is InChI=1S/C27H29N5O4S/c1-27(26(35)31-15-22-14-19(17-37-22)24(28)29)12-5-13-32(27)23(33)16-30-25(34)18-8-10-21(11-9-18)36-20-6-3-2-4-7-20/h2-4,6-11,14,17H,5,12-13,15-16H2,1H3,(H3,28,29)(H,30,34)(H,31,35)/t27-/m0/s1. The number of hydrogen-bond acceptors (Lipinski definition) is 6. The second kappa shape index (κ2) is 11.3. The predicted octanol–water partition coefficient (Wildman–Crippen LogP) is 3.25. The van der Waals surface area contributed by atoms with E-state index in [1.54, 1.807) is 42.6 Å². The zero-order valence-corrected chi connectivity index (χ0v) is 21.3. The molecular formula is C27H29N5O4S. The van der Waals surface area contributed by atoms with E-state index in [1.165, 1.54) is 16.2 Å². The Bertz CT molecular complexity index is 1290. The summed E-state index contributed by atoms with van der Waals surface area (Å²) in [4.78, 5) is 41.1. The summed E-state index contributed by atoms with van der Waals surface area (Å²) in [5.74, 6) is 0.312. The average molecular weight is 520 g/mol. The topological polar surface area (TPSA) is 138 Å². The fraction of sp³-hybridized carbons (Fsp3) is 0.259. The van der Waals surface area contributed by atoms with Gasteiger partial charge in [-0.15, -0.1) is 11.3 Å². The highest BCUT2D eigenvalue weighted by Crippen LogP contribution is 2.29. The average Bonchev–Trinajstić information content (AvgIpc) is 3.54. The molecule has 10 heteroatoms. The lowest BCUT2D eigenvalue weighted by Gasteiger charge is -2.34. The van der Waals surface area contributed by atoms with Crippen molar-refractivity contribution in [1.29, 1.82) is 5.41 Å². The molecule has 0 radical (unpaired) electrons. The van der Waals surface area contributed by atoms with E-state index in [0.717, 1.165) is 4.88 Å². The molecule has 0 bridgehead atoms. The highest BCUT2D eigenvalue weighted by atomic mass is 32.1. The Morgan fingerprint density at radius 2 is 1.76 bits per heavy atom. The van der Waals surface area contributed by atoms with Gasteiger partial charge in [0.15, 0.2) is 0 Å². The third-order valence-corrected chi connectivity index (χ3v) is 7.25. The Kier molecular flexibility index (Phi) is 7.88. The molecular weight excluding hydrogens is 490 g/mol. The summed E-state index contributed by atoms with van der Waals surface area (Å²) in [6.07, 6.45) is 1.23. The van der Waals surface area contributed by atoms with Crippen LogP contribution in [0.5, 0.6) is 11.5 Å². The SMILES string of the molecule is C[C@@]1(C(=O)NCc2cc(C(=N)N)cs2)CCCN1C(=O)CNC(=O)c1ccc(Oc2ccccc2)cc1. The largest absolute Gasteiger partial charge is 0.457 e. The molecule has 2 heterocycles. The van der Waals surface area contributed by atoms with Gasteiger partial charge in [-0.3, -0.25) is 19.8 Å². The van der Waals surface area contributed by atoms with Gasteiger partial charge in [0.25, 0.3) is 5.91 Å². The second-order valence-corrected chi connectivity index (χ2v) is 9.94. The summed E-state index contributed by atoms with van der Waals surface area (Å²) in [6, 6.07) is 17.7. The van der Waals surface area contributed by atoms with Gasteiger partial charge in [-0.1, -0.05) is 18.2 Å². The third-order valence-electron chi connectivity index (χ3n) is 6.31. The fourth-order valence-corrected chi connectivity index (χ4v) is 5.05. The maximum absolute atomic E-state index is 13.1. The minimum absolute atomic E-state index is 0.0214. The van der Waals surface area contributed by atoms with Crippen molar-refractivity contribution in [2.45, 2.75) is 31.8 Å². The summed E-state index contributed by atoms with van der Waals surface area (Å²) in [6.45, 7) is 2.26. The number of benzene rings is 2. The van der Waals surface area contributed by atoms with Crippen LogP contribution in [0.2, 0.25) is 0 Å². The molecule has 1 saturated heterocycles. The molecule has 0 aliphatic carbocycles. The number of para-hydroxylation sites is 1. The van der Waals surface area contributed by atoms with Gasteiger partial charge in [0.05, 0.1) is 13.1 Å². The number of carbonyl (C=O) groups excluding carboxylic acids is 3. The van der Waals surface area contributed by atoms with Crippen molar-refractivity contribution in [3.63, 3.8) is 0 Å². The minimum atomic E-state index is -1.00. The number of likely N-dealkylation sites (tertiary alicyclic amines) is 1. The Morgan fingerprint density at radius 3 is 2.43 bits per heavy atom. The second-order valence-electron chi connectivity index (χ2n) is 8.94. The summed E-state index contributed by atoms with van der Waals surface area (Å²) in [7, 11) is 0. The number of nitrogens with zero attached hydrogens (tertiary/aromatic N) is 1. The summed E-state index contributed by atoms with van der Waals surface area (Å²) in [5.41, 5.74) is 5.52. The summed E-state index contributed by atoms with van der Waals surface area (Å²) in [5, 5.41) is 14.8. The van der Waals surface area contributed by atoms with E-state index in [2.05, 4.69) is 10.6 Å². The van der Waals surface area contributed by atoms with Crippen LogP contribution in [0.3, 0.4) is 0 Å². The highest BCUT2D eigenvalue weighted by Gasteiger charge is 2.45. The first kappa shape index (κ1) is 25.9.